The Balaban J connectivity index is 2.13. The molecule has 0 spiro atoms. The molecule has 0 unspecified atom stereocenters. The molecule has 1 aromatic heterocycles. The molecule has 2 rings (SSSR count). The summed E-state index contributed by atoms with van der Waals surface area (Å²) < 4.78 is 14.9. The van der Waals surface area contributed by atoms with Gasteiger partial charge in [-0.25, -0.2) is 4.39 Å². The second-order valence-electron chi connectivity index (χ2n) is 4.40. The van der Waals surface area contributed by atoms with Crippen LogP contribution in [0.5, 0.6) is 0 Å². The normalized spacial score (nSPS) is 10.7. The molecule has 1 heterocycles. The Morgan fingerprint density at radius 2 is 2.20 bits per heavy atom. The van der Waals surface area contributed by atoms with E-state index < -0.39 is 10.7 Å². The summed E-state index contributed by atoms with van der Waals surface area (Å²) in [5, 5.41) is 18.0. The minimum atomic E-state index is -0.616. The molecule has 6 nitrogen and oxygen atoms in total. The molecule has 0 aliphatic carbocycles. The Hall–Kier alpha value is -2.28. The van der Waals surface area contributed by atoms with Crippen LogP contribution in [0, 0.1) is 15.9 Å². The Kier molecular flexibility index (Phi) is 4.41. The lowest BCUT2D eigenvalue weighted by Crippen LogP contribution is -2.11. The SMILES string of the molecule is CCNCc1cnn(Cc2cc(F)cc([N+](=O)[O-])c2)c1. The van der Waals surface area contributed by atoms with Gasteiger partial charge in [0.2, 0.25) is 0 Å². The van der Waals surface area contributed by atoms with E-state index >= 15 is 0 Å². The number of hydrogen-bond donors (Lipinski definition) is 1. The number of rotatable bonds is 6. The highest BCUT2D eigenvalue weighted by Crippen LogP contribution is 2.17. The number of nitro benzene ring substituents is 1. The zero-order valence-corrected chi connectivity index (χ0v) is 11.0. The average Bonchev–Trinajstić information content (AvgIpc) is 2.83. The molecule has 1 aromatic carbocycles. The first kappa shape index (κ1) is 14.1. The van der Waals surface area contributed by atoms with Gasteiger partial charge >= 0.3 is 0 Å². The third kappa shape index (κ3) is 3.61. The predicted octanol–water partition coefficient (Wildman–Crippen LogP) is 2.09. The zero-order valence-electron chi connectivity index (χ0n) is 11.0. The molecule has 0 bridgehead atoms. The summed E-state index contributed by atoms with van der Waals surface area (Å²) in [4.78, 5) is 10.1. The maximum absolute atomic E-state index is 13.3. The molecule has 0 aliphatic heterocycles. The van der Waals surface area contributed by atoms with E-state index in [2.05, 4.69) is 10.4 Å². The first-order valence-electron chi connectivity index (χ1n) is 6.24. The molecular weight excluding hydrogens is 263 g/mol. The van der Waals surface area contributed by atoms with Crippen molar-refractivity contribution in [2.24, 2.45) is 0 Å². The highest BCUT2D eigenvalue weighted by molar-refractivity contribution is 5.35. The van der Waals surface area contributed by atoms with Crippen molar-refractivity contribution in [2.75, 3.05) is 6.54 Å². The lowest BCUT2D eigenvalue weighted by molar-refractivity contribution is -0.385. The van der Waals surface area contributed by atoms with E-state index in [0.29, 0.717) is 18.7 Å². The van der Waals surface area contributed by atoms with Gasteiger partial charge in [0.05, 0.1) is 23.7 Å². The van der Waals surface area contributed by atoms with Gasteiger partial charge in [-0.05, 0) is 18.2 Å². The van der Waals surface area contributed by atoms with E-state index in [0.717, 1.165) is 18.2 Å². The molecule has 0 saturated carbocycles. The summed E-state index contributed by atoms with van der Waals surface area (Å²) >= 11 is 0. The molecule has 0 amide bonds. The second-order valence-corrected chi connectivity index (χ2v) is 4.40. The van der Waals surface area contributed by atoms with E-state index in [1.807, 2.05) is 13.1 Å². The fourth-order valence-corrected chi connectivity index (χ4v) is 1.87. The van der Waals surface area contributed by atoms with Gasteiger partial charge in [-0.15, -0.1) is 0 Å². The minimum absolute atomic E-state index is 0.250. The van der Waals surface area contributed by atoms with E-state index in [9.17, 15) is 14.5 Å². The number of aromatic nitrogens is 2. The number of non-ortho nitro benzene ring substituents is 1. The van der Waals surface area contributed by atoms with Crippen LogP contribution in [0.4, 0.5) is 10.1 Å². The van der Waals surface area contributed by atoms with Crippen molar-refractivity contribution in [2.45, 2.75) is 20.0 Å². The van der Waals surface area contributed by atoms with Gasteiger partial charge in [0.15, 0.2) is 0 Å². The molecule has 0 saturated heterocycles. The predicted molar refractivity (Wildman–Crippen MR) is 71.8 cm³/mol. The van der Waals surface area contributed by atoms with E-state index in [1.165, 1.54) is 12.1 Å². The van der Waals surface area contributed by atoms with Gasteiger partial charge in [0.25, 0.3) is 5.69 Å². The van der Waals surface area contributed by atoms with Crippen LogP contribution in [0.2, 0.25) is 0 Å². The van der Waals surface area contributed by atoms with Gasteiger partial charge in [-0.1, -0.05) is 6.92 Å². The summed E-state index contributed by atoms with van der Waals surface area (Å²) in [6, 6.07) is 3.54. The van der Waals surface area contributed by atoms with Crippen molar-refractivity contribution < 1.29 is 9.31 Å². The maximum Gasteiger partial charge on any atom is 0.272 e. The molecule has 20 heavy (non-hydrogen) atoms. The first-order valence-corrected chi connectivity index (χ1v) is 6.24. The second kappa shape index (κ2) is 6.25. The topological polar surface area (TPSA) is 73.0 Å². The smallest absolute Gasteiger partial charge is 0.272 e. The summed E-state index contributed by atoms with van der Waals surface area (Å²) in [6.07, 6.45) is 3.55. The molecule has 0 aliphatic rings. The standard InChI is InChI=1S/C13H15FN4O2/c1-2-15-6-11-7-16-17(9-11)8-10-3-12(14)5-13(4-10)18(19)20/h3-5,7,9,15H,2,6,8H2,1H3. The van der Waals surface area contributed by atoms with Gasteiger partial charge in [0.1, 0.15) is 5.82 Å². The molecule has 2 aromatic rings. The van der Waals surface area contributed by atoms with Crippen LogP contribution in [0.1, 0.15) is 18.1 Å². The molecule has 0 fully saturated rings. The van der Waals surface area contributed by atoms with Crippen LogP contribution >= 0.6 is 0 Å². The molecule has 0 radical (unpaired) electrons. The number of nitrogens with one attached hydrogen (secondary N) is 1. The highest BCUT2D eigenvalue weighted by atomic mass is 19.1. The quantitative estimate of drug-likeness (QED) is 0.648. The van der Waals surface area contributed by atoms with Crippen LogP contribution in [-0.2, 0) is 13.1 Å². The minimum Gasteiger partial charge on any atom is -0.313 e. The number of hydrogen-bond acceptors (Lipinski definition) is 4. The molecular formula is C13H15FN4O2. The Morgan fingerprint density at radius 3 is 2.90 bits per heavy atom. The van der Waals surface area contributed by atoms with E-state index in [4.69, 9.17) is 0 Å². The summed E-state index contributed by atoms with van der Waals surface area (Å²) in [5.41, 5.74) is 1.27. The monoisotopic (exact) mass is 278 g/mol. The lowest BCUT2D eigenvalue weighted by atomic mass is 10.2. The summed E-state index contributed by atoms with van der Waals surface area (Å²) in [5.74, 6) is -0.616. The Morgan fingerprint density at radius 1 is 1.40 bits per heavy atom. The van der Waals surface area contributed by atoms with Crippen LogP contribution in [0.3, 0.4) is 0 Å². The van der Waals surface area contributed by atoms with Crippen LogP contribution in [0.25, 0.3) is 0 Å². The molecule has 1 N–H and O–H groups in total. The van der Waals surface area contributed by atoms with Gasteiger partial charge < -0.3 is 5.32 Å². The Bertz CT molecular complexity index is 612. The Labute approximate surface area is 115 Å². The summed E-state index contributed by atoms with van der Waals surface area (Å²) in [6.45, 7) is 3.88. The van der Waals surface area contributed by atoms with Crippen LogP contribution in [-0.4, -0.2) is 21.2 Å². The van der Waals surface area contributed by atoms with Crippen molar-refractivity contribution >= 4 is 5.69 Å². The van der Waals surface area contributed by atoms with Crippen molar-refractivity contribution in [3.05, 3.63) is 57.7 Å². The zero-order chi connectivity index (χ0) is 14.5. The van der Waals surface area contributed by atoms with E-state index in [-0.39, 0.29) is 5.69 Å². The third-order valence-corrected chi connectivity index (χ3v) is 2.76. The van der Waals surface area contributed by atoms with Crippen LogP contribution < -0.4 is 5.32 Å². The van der Waals surface area contributed by atoms with Crippen LogP contribution in [0.15, 0.2) is 30.6 Å². The first-order chi connectivity index (χ1) is 9.58. The fraction of sp³-hybridized carbons (Fsp3) is 0.308. The van der Waals surface area contributed by atoms with Gasteiger partial charge in [0, 0.05) is 24.4 Å². The highest BCUT2D eigenvalue weighted by Gasteiger charge is 2.10. The number of nitro groups is 1. The van der Waals surface area contributed by atoms with Gasteiger partial charge in [-0.3, -0.25) is 14.8 Å². The number of nitrogens with zero attached hydrogens (tertiary/aromatic N) is 3. The number of halogens is 1. The summed E-state index contributed by atoms with van der Waals surface area (Å²) in [7, 11) is 0. The van der Waals surface area contributed by atoms with Crippen molar-refractivity contribution in [1.29, 1.82) is 0 Å². The fourth-order valence-electron chi connectivity index (χ4n) is 1.87. The van der Waals surface area contributed by atoms with Crippen molar-refractivity contribution in [1.82, 2.24) is 15.1 Å². The largest absolute Gasteiger partial charge is 0.313 e. The van der Waals surface area contributed by atoms with Gasteiger partial charge in [-0.2, -0.15) is 5.10 Å². The maximum atomic E-state index is 13.3. The molecule has 0 atom stereocenters. The molecule has 7 heteroatoms. The van der Waals surface area contributed by atoms with E-state index in [1.54, 1.807) is 10.9 Å². The number of benzene rings is 1. The average molecular weight is 278 g/mol. The third-order valence-electron chi connectivity index (χ3n) is 2.76. The molecule has 106 valence electrons. The van der Waals surface area contributed by atoms with Crippen molar-refractivity contribution in [3.8, 4) is 0 Å². The lowest BCUT2D eigenvalue weighted by Gasteiger charge is -2.02. The van der Waals surface area contributed by atoms with Crippen molar-refractivity contribution in [3.63, 3.8) is 0 Å².